The van der Waals surface area contributed by atoms with Crippen LogP contribution in [0, 0.1) is 6.92 Å². The average molecular weight is 212 g/mol. The van der Waals surface area contributed by atoms with Crippen LogP contribution in [0.3, 0.4) is 0 Å². The van der Waals surface area contributed by atoms with Gasteiger partial charge in [0.15, 0.2) is 0 Å². The molecule has 82 valence electrons. The van der Waals surface area contributed by atoms with Crippen molar-refractivity contribution in [2.24, 2.45) is 0 Å². The molecule has 2 nitrogen and oxygen atoms in total. The number of imidazole rings is 1. The summed E-state index contributed by atoms with van der Waals surface area (Å²) in [7, 11) is 0. The Bertz CT molecular complexity index is 457. The second kappa shape index (κ2) is 4.79. The molecule has 1 aromatic heterocycles. The van der Waals surface area contributed by atoms with E-state index in [4.69, 9.17) is 0 Å². The predicted octanol–water partition coefficient (Wildman–Crippen LogP) is 3.36. The third-order valence-corrected chi connectivity index (χ3v) is 2.77. The van der Waals surface area contributed by atoms with Gasteiger partial charge in [0.1, 0.15) is 5.82 Å². The number of aromatic nitrogens is 2. The fourth-order valence-electron chi connectivity index (χ4n) is 1.96. The van der Waals surface area contributed by atoms with E-state index in [1.807, 2.05) is 31.5 Å². The molecule has 0 bridgehead atoms. The molecule has 0 N–H and O–H groups in total. The number of hydrogen-bond donors (Lipinski definition) is 0. The van der Waals surface area contributed by atoms with Gasteiger partial charge in [-0.1, -0.05) is 36.4 Å². The molecule has 0 radical (unpaired) electrons. The second-order valence-corrected chi connectivity index (χ2v) is 3.83. The minimum Gasteiger partial charge on any atom is -0.327 e. The molecule has 2 heteroatoms. The van der Waals surface area contributed by atoms with Crippen molar-refractivity contribution in [3.05, 3.63) is 66.8 Å². The molecular formula is C14H16N2. The summed E-state index contributed by atoms with van der Waals surface area (Å²) in [6.07, 6.45) is 6.74. The summed E-state index contributed by atoms with van der Waals surface area (Å²) < 4.78 is 2.19. The highest BCUT2D eigenvalue weighted by atomic mass is 15.1. The quantitative estimate of drug-likeness (QED) is 0.711. The molecule has 1 unspecified atom stereocenters. The van der Waals surface area contributed by atoms with E-state index in [1.165, 1.54) is 5.56 Å². The summed E-state index contributed by atoms with van der Waals surface area (Å²) in [5, 5.41) is 0. The highest BCUT2D eigenvalue weighted by Gasteiger charge is 2.12. The van der Waals surface area contributed by atoms with Crippen LogP contribution in [0.4, 0.5) is 0 Å². The van der Waals surface area contributed by atoms with Crippen LogP contribution in [-0.4, -0.2) is 9.55 Å². The van der Waals surface area contributed by atoms with Crippen molar-refractivity contribution in [1.82, 2.24) is 9.55 Å². The Balaban J connectivity index is 2.39. The molecule has 0 fully saturated rings. The Morgan fingerprint density at radius 2 is 2.12 bits per heavy atom. The molecule has 2 aromatic rings. The van der Waals surface area contributed by atoms with Gasteiger partial charge in [-0.15, -0.1) is 6.58 Å². The molecule has 16 heavy (non-hydrogen) atoms. The van der Waals surface area contributed by atoms with Crippen LogP contribution < -0.4 is 0 Å². The van der Waals surface area contributed by atoms with Gasteiger partial charge in [-0.3, -0.25) is 0 Å². The second-order valence-electron chi connectivity index (χ2n) is 3.83. The van der Waals surface area contributed by atoms with E-state index < -0.39 is 0 Å². The fraction of sp³-hybridized carbons (Fsp3) is 0.214. The van der Waals surface area contributed by atoms with Gasteiger partial charge in [0, 0.05) is 12.4 Å². The first-order valence-electron chi connectivity index (χ1n) is 5.48. The van der Waals surface area contributed by atoms with Gasteiger partial charge < -0.3 is 4.57 Å². The van der Waals surface area contributed by atoms with Crippen molar-refractivity contribution in [2.45, 2.75) is 19.4 Å². The molecule has 0 spiro atoms. The summed E-state index contributed by atoms with van der Waals surface area (Å²) in [6.45, 7) is 5.86. The SMILES string of the molecule is C=CCC(c1ccccc1)n1ccnc1C. The highest BCUT2D eigenvalue weighted by Crippen LogP contribution is 2.23. The zero-order chi connectivity index (χ0) is 11.4. The van der Waals surface area contributed by atoms with Gasteiger partial charge in [0.25, 0.3) is 0 Å². The van der Waals surface area contributed by atoms with E-state index in [-0.39, 0.29) is 0 Å². The van der Waals surface area contributed by atoms with Gasteiger partial charge in [0.2, 0.25) is 0 Å². The first-order valence-corrected chi connectivity index (χ1v) is 5.48. The van der Waals surface area contributed by atoms with Gasteiger partial charge in [-0.25, -0.2) is 4.98 Å². The van der Waals surface area contributed by atoms with Crippen LogP contribution in [0.15, 0.2) is 55.4 Å². The monoisotopic (exact) mass is 212 g/mol. The highest BCUT2D eigenvalue weighted by molar-refractivity contribution is 5.21. The summed E-state index contributed by atoms with van der Waals surface area (Å²) >= 11 is 0. The lowest BCUT2D eigenvalue weighted by Crippen LogP contribution is -2.10. The van der Waals surface area contributed by atoms with E-state index in [2.05, 4.69) is 40.4 Å². The Morgan fingerprint density at radius 1 is 1.38 bits per heavy atom. The van der Waals surface area contributed by atoms with Crippen LogP contribution in [0.5, 0.6) is 0 Å². The Hall–Kier alpha value is -1.83. The molecular weight excluding hydrogens is 196 g/mol. The van der Waals surface area contributed by atoms with E-state index in [0.29, 0.717) is 6.04 Å². The third kappa shape index (κ3) is 2.06. The van der Waals surface area contributed by atoms with Crippen LogP contribution in [0.1, 0.15) is 23.9 Å². The van der Waals surface area contributed by atoms with Gasteiger partial charge in [-0.05, 0) is 18.9 Å². The summed E-state index contributed by atoms with van der Waals surface area (Å²) in [4.78, 5) is 4.27. The minimum absolute atomic E-state index is 0.307. The molecule has 2 rings (SSSR count). The first-order chi connectivity index (χ1) is 7.83. The number of aryl methyl sites for hydroxylation is 1. The average Bonchev–Trinajstić information content (AvgIpc) is 2.73. The Morgan fingerprint density at radius 3 is 2.69 bits per heavy atom. The largest absolute Gasteiger partial charge is 0.327 e. The zero-order valence-electron chi connectivity index (χ0n) is 9.50. The summed E-state index contributed by atoms with van der Waals surface area (Å²) in [5.74, 6) is 1.04. The first kappa shape index (κ1) is 10.7. The lowest BCUT2D eigenvalue weighted by Gasteiger charge is -2.18. The normalized spacial score (nSPS) is 12.3. The lowest BCUT2D eigenvalue weighted by molar-refractivity contribution is 0.576. The molecule has 0 aliphatic heterocycles. The molecule has 0 amide bonds. The van der Waals surface area contributed by atoms with Crippen LogP contribution >= 0.6 is 0 Å². The maximum Gasteiger partial charge on any atom is 0.106 e. The van der Waals surface area contributed by atoms with E-state index in [1.54, 1.807) is 0 Å². The molecule has 0 saturated carbocycles. The summed E-state index contributed by atoms with van der Waals surface area (Å²) in [5.41, 5.74) is 1.29. The van der Waals surface area contributed by atoms with Crippen molar-refractivity contribution in [3.8, 4) is 0 Å². The number of nitrogens with zero attached hydrogens (tertiary/aromatic N) is 2. The molecule has 0 aliphatic carbocycles. The van der Waals surface area contributed by atoms with Crippen LogP contribution in [-0.2, 0) is 0 Å². The van der Waals surface area contributed by atoms with Gasteiger partial charge >= 0.3 is 0 Å². The molecule has 1 aromatic carbocycles. The number of rotatable bonds is 4. The van der Waals surface area contributed by atoms with Crippen molar-refractivity contribution >= 4 is 0 Å². The summed E-state index contributed by atoms with van der Waals surface area (Å²) in [6, 6.07) is 10.8. The van der Waals surface area contributed by atoms with Crippen molar-refractivity contribution in [2.75, 3.05) is 0 Å². The Labute approximate surface area is 96.3 Å². The van der Waals surface area contributed by atoms with Crippen molar-refractivity contribution in [1.29, 1.82) is 0 Å². The third-order valence-electron chi connectivity index (χ3n) is 2.77. The van der Waals surface area contributed by atoms with E-state index in [0.717, 1.165) is 12.2 Å². The smallest absolute Gasteiger partial charge is 0.106 e. The standard InChI is InChI=1S/C14H16N2/c1-3-7-14(13-8-5-4-6-9-13)16-11-10-15-12(16)2/h3-6,8-11,14H,1,7H2,2H3. The van der Waals surface area contributed by atoms with E-state index >= 15 is 0 Å². The maximum atomic E-state index is 4.27. The van der Waals surface area contributed by atoms with Gasteiger partial charge in [0.05, 0.1) is 6.04 Å². The molecule has 0 aliphatic rings. The van der Waals surface area contributed by atoms with Crippen LogP contribution in [0.2, 0.25) is 0 Å². The number of benzene rings is 1. The molecule has 0 saturated heterocycles. The lowest BCUT2D eigenvalue weighted by atomic mass is 10.0. The number of allylic oxidation sites excluding steroid dienone is 1. The molecule has 1 heterocycles. The van der Waals surface area contributed by atoms with Crippen molar-refractivity contribution < 1.29 is 0 Å². The topological polar surface area (TPSA) is 17.8 Å². The predicted molar refractivity (Wildman–Crippen MR) is 66.4 cm³/mol. The zero-order valence-corrected chi connectivity index (χ0v) is 9.50. The van der Waals surface area contributed by atoms with E-state index in [9.17, 15) is 0 Å². The van der Waals surface area contributed by atoms with Gasteiger partial charge in [-0.2, -0.15) is 0 Å². The number of hydrogen-bond acceptors (Lipinski definition) is 1. The maximum absolute atomic E-state index is 4.27. The molecule has 1 atom stereocenters. The fourth-order valence-corrected chi connectivity index (χ4v) is 1.96. The minimum atomic E-state index is 0.307. The van der Waals surface area contributed by atoms with Crippen LogP contribution in [0.25, 0.3) is 0 Å². The Kier molecular flexibility index (Phi) is 3.20. The van der Waals surface area contributed by atoms with Crippen molar-refractivity contribution in [3.63, 3.8) is 0 Å².